The van der Waals surface area contributed by atoms with Gasteiger partial charge in [0, 0.05) is 43.9 Å². The molecule has 1 aliphatic rings. The molecule has 9 nitrogen and oxygen atoms in total. The van der Waals surface area contributed by atoms with Crippen LogP contribution < -0.4 is 15.0 Å². The van der Waals surface area contributed by atoms with E-state index in [1.807, 2.05) is 24.3 Å². The van der Waals surface area contributed by atoms with Crippen LogP contribution in [0.15, 0.2) is 48.5 Å². The van der Waals surface area contributed by atoms with Crippen molar-refractivity contribution in [1.29, 1.82) is 0 Å². The molecule has 1 aliphatic heterocycles. The quantitative estimate of drug-likeness (QED) is 0.575. The molecule has 2 aromatic rings. The molecule has 1 saturated heterocycles. The van der Waals surface area contributed by atoms with Gasteiger partial charge in [-0.05, 0) is 25.1 Å². The highest BCUT2D eigenvalue weighted by Crippen LogP contribution is 2.28. The van der Waals surface area contributed by atoms with Gasteiger partial charge in [-0.3, -0.25) is 19.7 Å². The number of nitro groups is 1. The first-order chi connectivity index (χ1) is 14.4. The molecule has 0 aromatic heterocycles. The molecular weight excluding hydrogens is 388 g/mol. The predicted octanol–water partition coefficient (Wildman–Crippen LogP) is 2.07. The highest BCUT2D eigenvalue weighted by Gasteiger charge is 2.27. The fourth-order valence-electron chi connectivity index (χ4n) is 3.44. The van der Waals surface area contributed by atoms with Crippen LogP contribution in [-0.2, 0) is 4.79 Å². The normalized spacial score (nSPS) is 14.7. The summed E-state index contributed by atoms with van der Waals surface area (Å²) < 4.78 is 5.41. The maximum atomic E-state index is 12.8. The second-order valence-corrected chi connectivity index (χ2v) is 6.99. The van der Waals surface area contributed by atoms with Crippen molar-refractivity contribution >= 4 is 23.2 Å². The summed E-state index contributed by atoms with van der Waals surface area (Å²) in [5.74, 6) is 0.0792. The van der Waals surface area contributed by atoms with Gasteiger partial charge in [0.25, 0.3) is 11.6 Å². The number of methoxy groups -OCH3 is 1. The Hall–Kier alpha value is -3.62. The maximum absolute atomic E-state index is 12.8. The summed E-state index contributed by atoms with van der Waals surface area (Å²) >= 11 is 0. The minimum absolute atomic E-state index is 0.143. The Morgan fingerprint density at radius 1 is 1.10 bits per heavy atom. The third-order valence-electron chi connectivity index (χ3n) is 5.05. The van der Waals surface area contributed by atoms with Crippen LogP contribution in [-0.4, -0.2) is 61.0 Å². The van der Waals surface area contributed by atoms with Crippen LogP contribution in [0.25, 0.3) is 0 Å². The third kappa shape index (κ3) is 4.68. The lowest BCUT2D eigenvalue weighted by molar-refractivity contribution is -0.384. The van der Waals surface area contributed by atoms with E-state index < -0.39 is 16.9 Å². The van der Waals surface area contributed by atoms with Gasteiger partial charge >= 0.3 is 0 Å². The van der Waals surface area contributed by atoms with Crippen LogP contribution in [0.5, 0.6) is 5.75 Å². The Morgan fingerprint density at radius 2 is 1.80 bits per heavy atom. The van der Waals surface area contributed by atoms with Crippen LogP contribution in [0.4, 0.5) is 11.4 Å². The van der Waals surface area contributed by atoms with Crippen molar-refractivity contribution in [2.45, 2.75) is 13.0 Å². The summed E-state index contributed by atoms with van der Waals surface area (Å²) in [5, 5.41) is 13.5. The predicted molar refractivity (Wildman–Crippen MR) is 112 cm³/mol. The number of hydrogen-bond acceptors (Lipinski definition) is 6. The van der Waals surface area contributed by atoms with Crippen molar-refractivity contribution in [2.24, 2.45) is 0 Å². The topological polar surface area (TPSA) is 105 Å². The fourth-order valence-corrected chi connectivity index (χ4v) is 3.44. The summed E-state index contributed by atoms with van der Waals surface area (Å²) in [6.45, 7) is 3.96. The molecule has 2 aromatic carbocycles. The molecule has 0 saturated carbocycles. The van der Waals surface area contributed by atoms with Crippen LogP contribution in [0, 0.1) is 10.1 Å². The number of ether oxygens (including phenoxy) is 1. The van der Waals surface area contributed by atoms with Gasteiger partial charge in [0.15, 0.2) is 0 Å². The number of hydrogen-bond donors (Lipinski definition) is 1. The molecule has 0 spiro atoms. The highest BCUT2D eigenvalue weighted by molar-refractivity contribution is 5.97. The first-order valence-electron chi connectivity index (χ1n) is 9.62. The van der Waals surface area contributed by atoms with Gasteiger partial charge < -0.3 is 19.9 Å². The van der Waals surface area contributed by atoms with E-state index in [2.05, 4.69) is 10.2 Å². The number of anilines is 1. The van der Waals surface area contributed by atoms with Crippen LogP contribution >= 0.6 is 0 Å². The highest BCUT2D eigenvalue weighted by atomic mass is 16.6. The lowest BCUT2D eigenvalue weighted by Gasteiger charge is -2.37. The molecule has 1 fully saturated rings. The number of para-hydroxylation sites is 2. The zero-order chi connectivity index (χ0) is 21.7. The molecule has 0 aliphatic carbocycles. The van der Waals surface area contributed by atoms with Crippen molar-refractivity contribution in [3.8, 4) is 5.75 Å². The minimum Gasteiger partial charge on any atom is -0.495 e. The third-order valence-corrected chi connectivity index (χ3v) is 5.05. The second kappa shape index (κ2) is 9.25. The number of piperazine rings is 1. The molecule has 3 rings (SSSR count). The summed E-state index contributed by atoms with van der Waals surface area (Å²) in [7, 11) is 1.63. The van der Waals surface area contributed by atoms with E-state index in [0.717, 1.165) is 11.4 Å². The average Bonchev–Trinajstić information content (AvgIpc) is 2.78. The SMILES string of the molecule is COc1ccccc1N1CCN(C(=O)[C@H](C)NC(=O)c2cccc([N+](=O)[O-])c2)CC1. The molecule has 2 amide bonds. The van der Waals surface area contributed by atoms with Crippen molar-refractivity contribution in [1.82, 2.24) is 10.2 Å². The Labute approximate surface area is 174 Å². The Kier molecular flexibility index (Phi) is 6.51. The number of amides is 2. The van der Waals surface area contributed by atoms with Gasteiger partial charge in [0.2, 0.25) is 5.91 Å². The molecule has 30 heavy (non-hydrogen) atoms. The average molecular weight is 412 g/mol. The molecule has 0 bridgehead atoms. The van der Waals surface area contributed by atoms with E-state index in [4.69, 9.17) is 4.74 Å². The molecule has 1 heterocycles. The first kappa shape index (κ1) is 21.1. The standard InChI is InChI=1S/C21H24N4O5/c1-15(22-20(26)16-6-5-7-17(14-16)25(28)29)21(27)24-12-10-23(11-13-24)18-8-3-4-9-19(18)30-2/h3-9,14-15H,10-13H2,1-2H3,(H,22,26)/t15-/m0/s1. The molecule has 1 N–H and O–H groups in total. The molecule has 0 radical (unpaired) electrons. The number of nitrogens with zero attached hydrogens (tertiary/aromatic N) is 3. The second-order valence-electron chi connectivity index (χ2n) is 6.99. The van der Waals surface area contributed by atoms with Gasteiger partial charge in [-0.1, -0.05) is 18.2 Å². The van der Waals surface area contributed by atoms with E-state index in [-0.39, 0.29) is 17.2 Å². The van der Waals surface area contributed by atoms with E-state index in [0.29, 0.717) is 26.2 Å². The Bertz CT molecular complexity index is 940. The van der Waals surface area contributed by atoms with Gasteiger partial charge in [-0.15, -0.1) is 0 Å². The summed E-state index contributed by atoms with van der Waals surface area (Å²) in [4.78, 5) is 39.4. The molecule has 1 atom stereocenters. The fraction of sp³-hybridized carbons (Fsp3) is 0.333. The van der Waals surface area contributed by atoms with E-state index in [1.54, 1.807) is 18.9 Å². The maximum Gasteiger partial charge on any atom is 0.270 e. The van der Waals surface area contributed by atoms with Crippen molar-refractivity contribution in [3.05, 3.63) is 64.2 Å². The van der Waals surface area contributed by atoms with Crippen molar-refractivity contribution in [2.75, 3.05) is 38.2 Å². The van der Waals surface area contributed by atoms with Gasteiger partial charge in [0.1, 0.15) is 11.8 Å². The number of nitro benzene ring substituents is 1. The van der Waals surface area contributed by atoms with Crippen LogP contribution in [0.1, 0.15) is 17.3 Å². The van der Waals surface area contributed by atoms with Crippen molar-refractivity contribution < 1.29 is 19.2 Å². The van der Waals surface area contributed by atoms with Crippen molar-refractivity contribution in [3.63, 3.8) is 0 Å². The molecule has 0 unspecified atom stereocenters. The van der Waals surface area contributed by atoms with E-state index in [1.165, 1.54) is 24.3 Å². The summed E-state index contributed by atoms with van der Waals surface area (Å²) in [5.41, 5.74) is 0.957. The zero-order valence-corrected chi connectivity index (χ0v) is 16.9. The van der Waals surface area contributed by atoms with Crippen LogP contribution in [0.3, 0.4) is 0 Å². The molecular formula is C21H24N4O5. The van der Waals surface area contributed by atoms with Gasteiger partial charge in [-0.2, -0.15) is 0 Å². The number of benzene rings is 2. The summed E-state index contributed by atoms with van der Waals surface area (Å²) in [6, 6.07) is 12.4. The van der Waals surface area contributed by atoms with E-state index in [9.17, 15) is 19.7 Å². The van der Waals surface area contributed by atoms with Crippen LogP contribution in [0.2, 0.25) is 0 Å². The number of carbonyl (C=O) groups is 2. The minimum atomic E-state index is -0.741. The smallest absolute Gasteiger partial charge is 0.270 e. The lowest BCUT2D eigenvalue weighted by Crippen LogP contribution is -2.54. The zero-order valence-electron chi connectivity index (χ0n) is 16.9. The molecule has 9 heteroatoms. The van der Waals surface area contributed by atoms with E-state index >= 15 is 0 Å². The number of carbonyl (C=O) groups excluding carboxylic acids is 2. The monoisotopic (exact) mass is 412 g/mol. The Balaban J connectivity index is 1.57. The largest absolute Gasteiger partial charge is 0.495 e. The Morgan fingerprint density at radius 3 is 2.47 bits per heavy atom. The van der Waals surface area contributed by atoms with Gasteiger partial charge in [-0.25, -0.2) is 0 Å². The van der Waals surface area contributed by atoms with Gasteiger partial charge in [0.05, 0.1) is 17.7 Å². The number of nitrogens with one attached hydrogen (secondary N) is 1. The molecule has 158 valence electrons. The lowest BCUT2D eigenvalue weighted by atomic mass is 10.1. The number of rotatable bonds is 6. The summed E-state index contributed by atoms with van der Waals surface area (Å²) in [6.07, 6.45) is 0. The first-order valence-corrected chi connectivity index (χ1v) is 9.62. The number of non-ortho nitro benzene ring substituents is 1.